The minimum Gasteiger partial charge on any atom is -0.390 e. The highest BCUT2D eigenvalue weighted by molar-refractivity contribution is 5.89. The second-order valence-electron chi connectivity index (χ2n) is 6.04. The predicted octanol–water partition coefficient (Wildman–Crippen LogP) is 1.51. The molecule has 1 atom stereocenters. The largest absolute Gasteiger partial charge is 0.390 e. The standard InChI is InChI=1S/C16H23N5O/c1-11-7-12(2)20-16-14(11)15(18-10-19-16)17-8-13(22)9-21-5-3-4-6-21/h7,10,13,22H,3-6,8-9H2,1-2H3,(H,17,18,19,20). The van der Waals surface area contributed by atoms with E-state index in [-0.39, 0.29) is 0 Å². The lowest BCUT2D eigenvalue weighted by atomic mass is 10.1. The van der Waals surface area contributed by atoms with Crippen LogP contribution >= 0.6 is 0 Å². The molecule has 1 aliphatic heterocycles. The quantitative estimate of drug-likeness (QED) is 0.872. The van der Waals surface area contributed by atoms with E-state index in [2.05, 4.69) is 25.2 Å². The molecule has 1 saturated heterocycles. The summed E-state index contributed by atoms with van der Waals surface area (Å²) in [4.78, 5) is 15.3. The number of fused-ring (bicyclic) bond motifs is 1. The number of anilines is 1. The van der Waals surface area contributed by atoms with Gasteiger partial charge in [-0.25, -0.2) is 15.0 Å². The lowest BCUT2D eigenvalue weighted by Crippen LogP contribution is -2.34. The Morgan fingerprint density at radius 2 is 2.05 bits per heavy atom. The van der Waals surface area contributed by atoms with Gasteiger partial charge in [-0.1, -0.05) is 0 Å². The molecule has 2 aromatic rings. The first-order valence-corrected chi connectivity index (χ1v) is 7.87. The van der Waals surface area contributed by atoms with Crippen molar-refractivity contribution in [2.45, 2.75) is 32.8 Å². The predicted molar refractivity (Wildman–Crippen MR) is 87.0 cm³/mol. The van der Waals surface area contributed by atoms with Crippen LogP contribution in [0.5, 0.6) is 0 Å². The molecule has 1 unspecified atom stereocenters. The molecule has 2 aromatic heterocycles. The second kappa shape index (κ2) is 6.54. The average Bonchev–Trinajstić information content (AvgIpc) is 2.97. The number of hydrogen-bond acceptors (Lipinski definition) is 6. The molecule has 0 spiro atoms. The summed E-state index contributed by atoms with van der Waals surface area (Å²) >= 11 is 0. The lowest BCUT2D eigenvalue weighted by molar-refractivity contribution is 0.135. The van der Waals surface area contributed by atoms with Crippen molar-refractivity contribution < 1.29 is 5.11 Å². The Bertz CT molecular complexity index is 654. The second-order valence-corrected chi connectivity index (χ2v) is 6.04. The zero-order chi connectivity index (χ0) is 15.5. The van der Waals surface area contributed by atoms with Crippen LogP contribution in [0.1, 0.15) is 24.1 Å². The van der Waals surface area contributed by atoms with Gasteiger partial charge in [0.05, 0.1) is 11.5 Å². The van der Waals surface area contributed by atoms with Gasteiger partial charge in [0.15, 0.2) is 5.65 Å². The fraction of sp³-hybridized carbons (Fsp3) is 0.562. The molecular formula is C16H23N5O. The molecule has 1 aliphatic rings. The highest BCUT2D eigenvalue weighted by Crippen LogP contribution is 2.22. The van der Waals surface area contributed by atoms with Gasteiger partial charge in [-0.15, -0.1) is 0 Å². The summed E-state index contributed by atoms with van der Waals surface area (Å²) in [6.07, 6.45) is 3.59. The van der Waals surface area contributed by atoms with E-state index in [4.69, 9.17) is 0 Å². The van der Waals surface area contributed by atoms with Crippen molar-refractivity contribution in [3.63, 3.8) is 0 Å². The number of nitrogens with zero attached hydrogens (tertiary/aromatic N) is 4. The summed E-state index contributed by atoms with van der Waals surface area (Å²) in [5, 5.41) is 14.4. The van der Waals surface area contributed by atoms with Crippen molar-refractivity contribution in [3.05, 3.63) is 23.7 Å². The van der Waals surface area contributed by atoms with E-state index in [0.717, 1.165) is 35.6 Å². The number of hydrogen-bond donors (Lipinski definition) is 2. The van der Waals surface area contributed by atoms with Crippen LogP contribution in [-0.4, -0.2) is 57.2 Å². The minimum atomic E-state index is -0.401. The third-order valence-electron chi connectivity index (χ3n) is 4.10. The van der Waals surface area contributed by atoms with Gasteiger partial charge in [0.1, 0.15) is 12.1 Å². The third-order valence-corrected chi connectivity index (χ3v) is 4.10. The Morgan fingerprint density at radius 1 is 1.27 bits per heavy atom. The topological polar surface area (TPSA) is 74.2 Å². The monoisotopic (exact) mass is 301 g/mol. The van der Waals surface area contributed by atoms with Gasteiger partial charge in [0, 0.05) is 18.8 Å². The molecule has 0 radical (unpaired) electrons. The summed E-state index contributed by atoms with van der Waals surface area (Å²) in [5.41, 5.74) is 2.74. The van der Waals surface area contributed by atoms with E-state index < -0.39 is 6.10 Å². The molecule has 0 amide bonds. The van der Waals surface area contributed by atoms with Gasteiger partial charge in [0.25, 0.3) is 0 Å². The van der Waals surface area contributed by atoms with Crippen molar-refractivity contribution in [2.24, 2.45) is 0 Å². The molecule has 2 N–H and O–H groups in total. The first-order chi connectivity index (χ1) is 10.6. The van der Waals surface area contributed by atoms with Crippen molar-refractivity contribution in [2.75, 3.05) is 31.5 Å². The fourth-order valence-corrected chi connectivity index (χ4v) is 3.09. The minimum absolute atomic E-state index is 0.401. The van der Waals surface area contributed by atoms with Crippen LogP contribution in [0.2, 0.25) is 0 Å². The lowest BCUT2D eigenvalue weighted by Gasteiger charge is -2.20. The molecule has 1 fully saturated rings. The number of rotatable bonds is 5. The van der Waals surface area contributed by atoms with Crippen molar-refractivity contribution >= 4 is 16.9 Å². The molecule has 6 heteroatoms. The van der Waals surface area contributed by atoms with Crippen LogP contribution in [0.15, 0.2) is 12.4 Å². The van der Waals surface area contributed by atoms with E-state index >= 15 is 0 Å². The molecule has 0 aliphatic carbocycles. The summed E-state index contributed by atoms with van der Waals surface area (Å²) in [6, 6.07) is 2.03. The molecule has 3 heterocycles. The Morgan fingerprint density at radius 3 is 2.82 bits per heavy atom. The van der Waals surface area contributed by atoms with Crippen molar-refractivity contribution in [1.82, 2.24) is 19.9 Å². The number of nitrogens with one attached hydrogen (secondary N) is 1. The van der Waals surface area contributed by atoms with Gasteiger partial charge in [0.2, 0.25) is 0 Å². The maximum absolute atomic E-state index is 10.2. The van der Waals surface area contributed by atoms with Crippen LogP contribution in [0.4, 0.5) is 5.82 Å². The van der Waals surface area contributed by atoms with E-state index in [1.807, 2.05) is 19.9 Å². The van der Waals surface area contributed by atoms with Crippen molar-refractivity contribution in [1.29, 1.82) is 0 Å². The van der Waals surface area contributed by atoms with Crippen LogP contribution in [0.25, 0.3) is 11.0 Å². The van der Waals surface area contributed by atoms with Gasteiger partial charge in [-0.3, -0.25) is 0 Å². The van der Waals surface area contributed by atoms with Gasteiger partial charge < -0.3 is 15.3 Å². The number of aromatic nitrogens is 3. The highest BCUT2D eigenvalue weighted by Gasteiger charge is 2.16. The first-order valence-electron chi connectivity index (χ1n) is 7.87. The summed E-state index contributed by atoms with van der Waals surface area (Å²) in [6.45, 7) is 7.38. The Labute approximate surface area is 130 Å². The Balaban J connectivity index is 1.71. The molecular weight excluding hydrogens is 278 g/mol. The maximum atomic E-state index is 10.2. The number of likely N-dealkylation sites (tertiary alicyclic amines) is 1. The number of aliphatic hydroxyl groups excluding tert-OH is 1. The summed E-state index contributed by atoms with van der Waals surface area (Å²) < 4.78 is 0. The maximum Gasteiger partial charge on any atom is 0.165 e. The summed E-state index contributed by atoms with van der Waals surface area (Å²) in [7, 11) is 0. The molecule has 0 bridgehead atoms. The Kier molecular flexibility index (Phi) is 4.49. The first kappa shape index (κ1) is 15.1. The number of aryl methyl sites for hydroxylation is 2. The highest BCUT2D eigenvalue weighted by atomic mass is 16.3. The zero-order valence-corrected chi connectivity index (χ0v) is 13.2. The van der Waals surface area contributed by atoms with Crippen LogP contribution in [0.3, 0.4) is 0 Å². The van der Waals surface area contributed by atoms with Crippen LogP contribution in [-0.2, 0) is 0 Å². The Hall–Kier alpha value is -1.79. The number of pyridine rings is 1. The van der Waals surface area contributed by atoms with Crippen molar-refractivity contribution in [3.8, 4) is 0 Å². The van der Waals surface area contributed by atoms with E-state index in [1.54, 1.807) is 0 Å². The average molecular weight is 301 g/mol. The third kappa shape index (κ3) is 3.34. The SMILES string of the molecule is Cc1cc(C)c2c(NCC(O)CN3CCCC3)ncnc2n1. The van der Waals surface area contributed by atoms with Gasteiger partial charge in [-0.2, -0.15) is 0 Å². The van der Waals surface area contributed by atoms with E-state index in [1.165, 1.54) is 19.2 Å². The number of aliphatic hydroxyl groups is 1. The summed E-state index contributed by atoms with van der Waals surface area (Å²) in [5.74, 6) is 0.746. The zero-order valence-electron chi connectivity index (χ0n) is 13.2. The molecule has 0 saturated carbocycles. The van der Waals surface area contributed by atoms with E-state index in [0.29, 0.717) is 18.7 Å². The van der Waals surface area contributed by atoms with Gasteiger partial charge >= 0.3 is 0 Å². The fourth-order valence-electron chi connectivity index (χ4n) is 3.09. The molecule has 3 rings (SSSR count). The molecule has 0 aromatic carbocycles. The van der Waals surface area contributed by atoms with Crippen LogP contribution < -0.4 is 5.32 Å². The molecule has 6 nitrogen and oxygen atoms in total. The normalized spacial score (nSPS) is 17.0. The molecule has 118 valence electrons. The molecule has 22 heavy (non-hydrogen) atoms. The smallest absolute Gasteiger partial charge is 0.165 e. The van der Waals surface area contributed by atoms with E-state index in [9.17, 15) is 5.11 Å². The van der Waals surface area contributed by atoms with Gasteiger partial charge in [-0.05, 0) is 51.4 Å². The number of β-amino-alcohol motifs (C(OH)–C–C–N with tert-alkyl or cyclic N) is 1. The van der Waals surface area contributed by atoms with Crippen LogP contribution in [0, 0.1) is 13.8 Å².